The number of carbonyl (C=O) groups is 1. The summed E-state index contributed by atoms with van der Waals surface area (Å²) in [5.74, 6) is -0.338. The van der Waals surface area contributed by atoms with Gasteiger partial charge in [0, 0.05) is 56.2 Å². The molecule has 3 fully saturated rings. The summed E-state index contributed by atoms with van der Waals surface area (Å²) in [5.41, 5.74) is 4.43. The number of amides is 2. The second kappa shape index (κ2) is 13.5. The monoisotopic (exact) mass is 587 g/mol. The molecule has 0 aliphatic carbocycles. The average molecular weight is 588 g/mol. The van der Waals surface area contributed by atoms with Gasteiger partial charge in [0.15, 0.2) is 12.1 Å². The fourth-order valence-electron chi connectivity index (χ4n) is 6.16. The van der Waals surface area contributed by atoms with E-state index in [-0.39, 0.29) is 30.8 Å². The van der Waals surface area contributed by atoms with E-state index in [1.54, 1.807) is 0 Å². The fourth-order valence-corrected chi connectivity index (χ4v) is 6.16. The highest BCUT2D eigenvalue weighted by Gasteiger charge is 2.43. The lowest BCUT2D eigenvalue weighted by atomic mass is 9.89. The van der Waals surface area contributed by atoms with Crippen molar-refractivity contribution >= 4 is 11.7 Å². The smallest absolute Gasteiger partial charge is 0.319 e. The molecular weight excluding hydrogens is 546 g/mol. The summed E-state index contributed by atoms with van der Waals surface area (Å²) in [4.78, 5) is 15.1. The molecule has 6 rings (SSSR count). The van der Waals surface area contributed by atoms with E-state index in [9.17, 15) is 9.90 Å². The summed E-state index contributed by atoms with van der Waals surface area (Å²) >= 11 is 0. The topological polar surface area (TPSA) is 102 Å². The van der Waals surface area contributed by atoms with Crippen molar-refractivity contribution in [3.63, 3.8) is 0 Å². The number of urea groups is 1. The van der Waals surface area contributed by atoms with Crippen molar-refractivity contribution in [1.82, 2.24) is 10.2 Å². The van der Waals surface area contributed by atoms with Crippen molar-refractivity contribution in [3.05, 3.63) is 101 Å². The lowest BCUT2D eigenvalue weighted by Crippen LogP contribution is -2.50. The van der Waals surface area contributed by atoms with E-state index in [1.807, 2.05) is 78.9 Å². The number of ether oxygens (including phenoxy) is 4. The molecular formula is C34H41N3O6. The van der Waals surface area contributed by atoms with E-state index in [0.29, 0.717) is 25.4 Å². The number of nitrogens with one attached hydrogen (secondary N) is 2. The molecule has 228 valence electrons. The van der Waals surface area contributed by atoms with E-state index in [1.165, 1.54) is 0 Å². The Kier molecular flexibility index (Phi) is 9.37. The molecule has 9 nitrogen and oxygen atoms in total. The van der Waals surface area contributed by atoms with Crippen LogP contribution in [0.15, 0.2) is 78.9 Å². The van der Waals surface area contributed by atoms with Crippen LogP contribution in [-0.2, 0) is 32.1 Å². The number of likely N-dealkylation sites (tertiary alicyclic amines) is 1. The maximum Gasteiger partial charge on any atom is 0.319 e. The van der Waals surface area contributed by atoms with Gasteiger partial charge in [0.2, 0.25) is 0 Å². The Hall–Kier alpha value is -3.31. The summed E-state index contributed by atoms with van der Waals surface area (Å²) in [5, 5.41) is 15.4. The zero-order valence-electron chi connectivity index (χ0n) is 24.6. The van der Waals surface area contributed by atoms with Crippen LogP contribution in [0.4, 0.5) is 10.5 Å². The van der Waals surface area contributed by atoms with E-state index < -0.39 is 12.1 Å². The second-order valence-corrected chi connectivity index (χ2v) is 11.6. The van der Waals surface area contributed by atoms with Gasteiger partial charge in [-0.2, -0.15) is 0 Å². The first-order valence-corrected chi connectivity index (χ1v) is 15.2. The summed E-state index contributed by atoms with van der Waals surface area (Å²) in [7, 11) is 0. The third-order valence-electron chi connectivity index (χ3n) is 8.71. The molecule has 0 bridgehead atoms. The molecule has 9 heteroatoms. The Morgan fingerprint density at radius 3 is 2.37 bits per heavy atom. The first kappa shape index (κ1) is 29.7. The van der Waals surface area contributed by atoms with Crippen molar-refractivity contribution < 1.29 is 28.8 Å². The highest BCUT2D eigenvalue weighted by atomic mass is 16.7. The van der Waals surface area contributed by atoms with Crippen LogP contribution in [0.2, 0.25) is 0 Å². The lowest BCUT2D eigenvalue weighted by molar-refractivity contribution is -0.278. The molecule has 0 unspecified atom stereocenters. The van der Waals surface area contributed by atoms with Crippen molar-refractivity contribution in [2.24, 2.45) is 5.92 Å². The van der Waals surface area contributed by atoms with Crippen LogP contribution in [0.25, 0.3) is 0 Å². The molecule has 3 N–H and O–H groups in total. The van der Waals surface area contributed by atoms with Gasteiger partial charge >= 0.3 is 6.03 Å². The van der Waals surface area contributed by atoms with Gasteiger partial charge in [0.25, 0.3) is 0 Å². The number of piperidine rings is 1. The van der Waals surface area contributed by atoms with Gasteiger partial charge in [-0.3, -0.25) is 0 Å². The van der Waals surface area contributed by atoms with Gasteiger partial charge in [0.05, 0.1) is 32.0 Å². The molecule has 3 saturated heterocycles. The molecule has 2 amide bonds. The zero-order chi connectivity index (χ0) is 29.6. The quantitative estimate of drug-likeness (QED) is 0.336. The summed E-state index contributed by atoms with van der Waals surface area (Å²) in [6.07, 6.45) is 0.780. The van der Waals surface area contributed by atoms with Gasteiger partial charge in [-0.05, 0) is 28.8 Å². The van der Waals surface area contributed by atoms with Gasteiger partial charge in [-0.25, -0.2) is 4.79 Å². The van der Waals surface area contributed by atoms with E-state index >= 15 is 0 Å². The van der Waals surface area contributed by atoms with Crippen molar-refractivity contribution in [1.29, 1.82) is 0 Å². The fraction of sp³-hybridized carbons (Fsp3) is 0.441. The number of carbonyl (C=O) groups excluding carboxylic acids is 1. The number of benzene rings is 3. The Balaban J connectivity index is 1.16. The van der Waals surface area contributed by atoms with E-state index in [4.69, 9.17) is 18.9 Å². The number of hydrogen-bond acceptors (Lipinski definition) is 7. The van der Waals surface area contributed by atoms with E-state index in [0.717, 1.165) is 54.7 Å². The molecule has 3 aliphatic rings. The average Bonchev–Trinajstić information content (AvgIpc) is 3.50. The number of anilines is 1. The van der Waals surface area contributed by atoms with Crippen molar-refractivity contribution in [2.75, 3.05) is 38.2 Å². The SMILES string of the molecule is C[C@@H]1[C@H](CN2CCC3(CC2)OCCO3)O[C@H](c2cccc(NC(=O)NCc3ccccc3)c2)O[C@@H]1c1ccc(CO)cc1. The van der Waals surface area contributed by atoms with Crippen LogP contribution in [0.1, 0.15) is 54.4 Å². The predicted molar refractivity (Wildman–Crippen MR) is 162 cm³/mol. The molecule has 3 aromatic carbocycles. The van der Waals surface area contributed by atoms with Crippen molar-refractivity contribution in [2.45, 2.75) is 57.2 Å². The van der Waals surface area contributed by atoms with Crippen LogP contribution in [0.5, 0.6) is 0 Å². The standard InChI is InChI=1S/C34H41N3O6/c1-24-30(22-37-16-14-34(15-17-37)40-18-19-41-34)42-32(43-31(24)27-12-10-26(23-38)11-13-27)28-8-5-9-29(20-28)36-33(39)35-21-25-6-3-2-4-7-25/h2-13,20,24,30-32,38H,14-19,21-23H2,1H3,(H2,35,36,39)/t24-,30+,31+,32+/m1/s1. The number of aliphatic hydroxyl groups excluding tert-OH is 1. The summed E-state index contributed by atoms with van der Waals surface area (Å²) < 4.78 is 25.2. The molecule has 3 heterocycles. The van der Waals surface area contributed by atoms with Gasteiger partial charge in [-0.1, -0.05) is 73.7 Å². The third kappa shape index (κ3) is 7.26. The summed E-state index contributed by atoms with van der Waals surface area (Å²) in [6.45, 7) is 6.47. The minimum absolute atomic E-state index is 0.00167. The Morgan fingerprint density at radius 2 is 1.65 bits per heavy atom. The third-order valence-corrected chi connectivity index (χ3v) is 8.71. The van der Waals surface area contributed by atoms with Crippen LogP contribution in [-0.4, -0.2) is 60.8 Å². The Labute approximate surface area is 253 Å². The number of rotatable bonds is 8. The molecule has 0 aromatic heterocycles. The molecule has 0 saturated carbocycles. The maximum atomic E-state index is 12.6. The first-order chi connectivity index (χ1) is 21.0. The minimum atomic E-state index is -0.615. The van der Waals surface area contributed by atoms with Gasteiger partial charge in [0.1, 0.15) is 0 Å². The van der Waals surface area contributed by atoms with E-state index in [2.05, 4.69) is 22.5 Å². The molecule has 43 heavy (non-hydrogen) atoms. The lowest BCUT2D eigenvalue weighted by Gasteiger charge is -2.44. The van der Waals surface area contributed by atoms with Gasteiger partial charge in [-0.15, -0.1) is 0 Å². The number of aliphatic hydroxyl groups is 1. The predicted octanol–water partition coefficient (Wildman–Crippen LogP) is 5.13. The van der Waals surface area contributed by atoms with Crippen LogP contribution in [0.3, 0.4) is 0 Å². The van der Waals surface area contributed by atoms with Crippen LogP contribution < -0.4 is 10.6 Å². The first-order valence-electron chi connectivity index (χ1n) is 15.2. The highest BCUT2D eigenvalue weighted by Crippen LogP contribution is 2.42. The molecule has 4 atom stereocenters. The van der Waals surface area contributed by atoms with Crippen molar-refractivity contribution in [3.8, 4) is 0 Å². The normalized spacial score (nSPS) is 25.4. The second-order valence-electron chi connectivity index (χ2n) is 11.6. The Morgan fingerprint density at radius 1 is 0.907 bits per heavy atom. The van der Waals surface area contributed by atoms with Gasteiger partial charge < -0.3 is 39.6 Å². The number of nitrogens with zero attached hydrogens (tertiary/aromatic N) is 1. The maximum absolute atomic E-state index is 12.6. The molecule has 3 aliphatic heterocycles. The molecule has 0 radical (unpaired) electrons. The van der Waals surface area contributed by atoms with Crippen LogP contribution >= 0.6 is 0 Å². The Bertz CT molecular complexity index is 1340. The molecule has 3 aromatic rings. The molecule has 1 spiro atoms. The highest BCUT2D eigenvalue weighted by molar-refractivity contribution is 5.89. The minimum Gasteiger partial charge on any atom is -0.392 e. The zero-order valence-corrected chi connectivity index (χ0v) is 24.6. The summed E-state index contributed by atoms with van der Waals surface area (Å²) in [6, 6.07) is 25.1. The van der Waals surface area contributed by atoms with Crippen LogP contribution in [0, 0.1) is 5.92 Å². The largest absolute Gasteiger partial charge is 0.392 e. The number of hydrogen-bond donors (Lipinski definition) is 3.